The van der Waals surface area contributed by atoms with Gasteiger partial charge in [-0.1, -0.05) is 38.1 Å². The lowest BCUT2D eigenvalue weighted by Gasteiger charge is -2.32. The Labute approximate surface area is 179 Å². The molecule has 0 spiro atoms. The number of para-hydroxylation sites is 1. The molecule has 2 aromatic carbocycles. The van der Waals surface area contributed by atoms with Crippen molar-refractivity contribution in [3.63, 3.8) is 0 Å². The third-order valence-electron chi connectivity index (χ3n) is 5.55. The number of hydrogen-bond acceptors (Lipinski definition) is 4. The normalized spacial score (nSPS) is 15.4. The van der Waals surface area contributed by atoms with Gasteiger partial charge in [-0.2, -0.15) is 4.31 Å². The van der Waals surface area contributed by atoms with Crippen molar-refractivity contribution in [1.82, 2.24) is 9.21 Å². The number of rotatable bonds is 8. The van der Waals surface area contributed by atoms with Crippen molar-refractivity contribution >= 4 is 15.9 Å². The topological polar surface area (TPSA) is 66.9 Å². The predicted molar refractivity (Wildman–Crippen MR) is 117 cm³/mol. The molecule has 162 valence electrons. The molecule has 0 aromatic heterocycles. The molecule has 6 nitrogen and oxygen atoms in total. The lowest BCUT2D eigenvalue weighted by Crippen LogP contribution is -2.39. The van der Waals surface area contributed by atoms with Crippen LogP contribution in [0.15, 0.2) is 59.5 Å². The van der Waals surface area contributed by atoms with Gasteiger partial charge in [0.2, 0.25) is 10.0 Å². The fourth-order valence-electron chi connectivity index (χ4n) is 3.72. The maximum absolute atomic E-state index is 13.0. The molecule has 1 fully saturated rings. The summed E-state index contributed by atoms with van der Waals surface area (Å²) in [4.78, 5) is 14.9. The second kappa shape index (κ2) is 10.1. The first-order valence-corrected chi connectivity index (χ1v) is 12.0. The minimum absolute atomic E-state index is 0.117. The van der Waals surface area contributed by atoms with Crippen LogP contribution in [0.1, 0.15) is 37.0 Å². The van der Waals surface area contributed by atoms with Crippen LogP contribution < -0.4 is 4.74 Å². The number of carbonyl (C=O) groups excluding carboxylic acids is 1. The van der Waals surface area contributed by atoms with Gasteiger partial charge >= 0.3 is 0 Å². The Hall–Kier alpha value is -2.38. The van der Waals surface area contributed by atoms with E-state index in [1.807, 2.05) is 49.1 Å². The molecule has 30 heavy (non-hydrogen) atoms. The van der Waals surface area contributed by atoms with Crippen LogP contribution in [0.5, 0.6) is 5.75 Å². The van der Waals surface area contributed by atoms with Gasteiger partial charge in [0, 0.05) is 31.7 Å². The molecule has 0 atom stereocenters. The Kier molecular flexibility index (Phi) is 7.50. The molecule has 1 saturated heterocycles. The fourth-order valence-corrected chi connectivity index (χ4v) is 5.22. The predicted octanol–water partition coefficient (Wildman–Crippen LogP) is 3.65. The number of hydrogen-bond donors (Lipinski definition) is 0. The standard InChI is InChI=1S/C23H30N2O4S/c1-3-25(4-2)30(27,28)22-12-8-9-20(17-22)23(26)24-15-13-19(14-16-24)18-29-21-10-6-5-7-11-21/h5-12,17,19H,3-4,13-16,18H2,1-2H3. The van der Waals surface area contributed by atoms with Crippen LogP contribution in [0.4, 0.5) is 0 Å². The fraction of sp³-hybridized carbons (Fsp3) is 0.435. The molecule has 2 aromatic rings. The minimum atomic E-state index is -3.58. The van der Waals surface area contributed by atoms with E-state index in [1.54, 1.807) is 18.2 Å². The molecule has 0 aliphatic carbocycles. The number of sulfonamides is 1. The molecule has 7 heteroatoms. The maximum atomic E-state index is 13.0. The van der Waals surface area contributed by atoms with E-state index in [2.05, 4.69) is 0 Å². The average Bonchev–Trinajstić information content (AvgIpc) is 2.79. The Morgan fingerprint density at radius 1 is 1.03 bits per heavy atom. The quantitative estimate of drug-likeness (QED) is 0.641. The molecule has 3 rings (SSSR count). The van der Waals surface area contributed by atoms with Crippen LogP contribution in [-0.2, 0) is 10.0 Å². The Bertz CT molecular complexity index is 935. The Morgan fingerprint density at radius 3 is 2.33 bits per heavy atom. The smallest absolute Gasteiger partial charge is 0.253 e. The van der Waals surface area contributed by atoms with Crippen molar-refractivity contribution in [2.24, 2.45) is 5.92 Å². The molecule has 0 bridgehead atoms. The second-order valence-electron chi connectivity index (χ2n) is 7.48. The van der Waals surface area contributed by atoms with E-state index in [-0.39, 0.29) is 10.8 Å². The van der Waals surface area contributed by atoms with E-state index in [0.717, 1.165) is 18.6 Å². The van der Waals surface area contributed by atoms with E-state index >= 15 is 0 Å². The zero-order chi connectivity index (χ0) is 21.6. The van der Waals surface area contributed by atoms with Gasteiger partial charge in [-0.25, -0.2) is 8.42 Å². The summed E-state index contributed by atoms with van der Waals surface area (Å²) in [5.41, 5.74) is 0.419. The van der Waals surface area contributed by atoms with Gasteiger partial charge in [0.15, 0.2) is 0 Å². The zero-order valence-electron chi connectivity index (χ0n) is 17.7. The van der Waals surface area contributed by atoms with Crippen molar-refractivity contribution in [2.75, 3.05) is 32.8 Å². The largest absolute Gasteiger partial charge is 0.493 e. The van der Waals surface area contributed by atoms with Crippen molar-refractivity contribution < 1.29 is 17.9 Å². The summed E-state index contributed by atoms with van der Waals surface area (Å²) in [6, 6.07) is 16.1. The number of nitrogens with zero attached hydrogens (tertiary/aromatic N) is 2. The number of carbonyl (C=O) groups is 1. The number of ether oxygens (including phenoxy) is 1. The first-order chi connectivity index (χ1) is 14.5. The van der Waals surface area contributed by atoms with Crippen molar-refractivity contribution in [3.8, 4) is 5.75 Å². The highest BCUT2D eigenvalue weighted by Crippen LogP contribution is 2.22. The molecular formula is C23H30N2O4S. The third kappa shape index (κ3) is 5.21. The first kappa shape index (κ1) is 22.3. The Morgan fingerprint density at radius 2 is 1.70 bits per heavy atom. The minimum Gasteiger partial charge on any atom is -0.493 e. The molecular weight excluding hydrogens is 400 g/mol. The van der Waals surface area contributed by atoms with Gasteiger partial charge in [0.05, 0.1) is 11.5 Å². The summed E-state index contributed by atoms with van der Waals surface area (Å²) >= 11 is 0. The summed E-state index contributed by atoms with van der Waals surface area (Å²) in [6.07, 6.45) is 1.74. The molecule has 1 amide bonds. The zero-order valence-corrected chi connectivity index (χ0v) is 18.5. The molecule has 1 heterocycles. The first-order valence-electron chi connectivity index (χ1n) is 10.5. The highest BCUT2D eigenvalue weighted by molar-refractivity contribution is 7.89. The van der Waals surface area contributed by atoms with Crippen LogP contribution in [0.25, 0.3) is 0 Å². The number of amides is 1. The van der Waals surface area contributed by atoms with Crippen molar-refractivity contribution in [1.29, 1.82) is 0 Å². The SMILES string of the molecule is CCN(CC)S(=O)(=O)c1cccc(C(=O)N2CCC(COc3ccccc3)CC2)c1. The van der Waals surface area contributed by atoms with Crippen molar-refractivity contribution in [2.45, 2.75) is 31.6 Å². The van der Waals surface area contributed by atoms with Gasteiger partial charge in [0.1, 0.15) is 5.75 Å². The lowest BCUT2D eigenvalue weighted by molar-refractivity contribution is 0.0661. The molecule has 0 N–H and O–H groups in total. The number of piperidine rings is 1. The van der Waals surface area contributed by atoms with Crippen LogP contribution in [0, 0.1) is 5.92 Å². The second-order valence-corrected chi connectivity index (χ2v) is 9.41. The van der Waals surface area contributed by atoms with E-state index in [1.165, 1.54) is 10.4 Å². The van der Waals surface area contributed by atoms with E-state index in [0.29, 0.717) is 44.3 Å². The summed E-state index contributed by atoms with van der Waals surface area (Å²) < 4.78 is 32.8. The van der Waals surface area contributed by atoms with Crippen LogP contribution in [0.2, 0.25) is 0 Å². The molecule has 0 radical (unpaired) electrons. The van der Waals surface area contributed by atoms with Crippen LogP contribution in [-0.4, -0.2) is 56.3 Å². The molecule has 0 saturated carbocycles. The van der Waals surface area contributed by atoms with Gasteiger partial charge in [-0.05, 0) is 49.1 Å². The lowest BCUT2D eigenvalue weighted by atomic mass is 9.97. The van der Waals surface area contributed by atoms with Gasteiger partial charge in [0.25, 0.3) is 5.91 Å². The van der Waals surface area contributed by atoms with E-state index in [4.69, 9.17) is 4.74 Å². The van der Waals surface area contributed by atoms with Crippen LogP contribution in [0.3, 0.4) is 0 Å². The van der Waals surface area contributed by atoms with Gasteiger partial charge in [-0.15, -0.1) is 0 Å². The van der Waals surface area contributed by atoms with E-state index < -0.39 is 10.0 Å². The van der Waals surface area contributed by atoms with Gasteiger partial charge < -0.3 is 9.64 Å². The monoisotopic (exact) mass is 430 g/mol. The summed E-state index contributed by atoms with van der Waals surface area (Å²) in [5, 5.41) is 0. The maximum Gasteiger partial charge on any atom is 0.253 e. The summed E-state index contributed by atoms with van der Waals surface area (Å²) in [5.74, 6) is 1.15. The molecule has 1 aliphatic heterocycles. The highest BCUT2D eigenvalue weighted by Gasteiger charge is 2.26. The molecule has 0 unspecified atom stereocenters. The van der Waals surface area contributed by atoms with E-state index in [9.17, 15) is 13.2 Å². The van der Waals surface area contributed by atoms with Crippen molar-refractivity contribution in [3.05, 3.63) is 60.2 Å². The summed E-state index contributed by atoms with van der Waals surface area (Å²) in [7, 11) is -3.58. The number of benzene rings is 2. The third-order valence-corrected chi connectivity index (χ3v) is 7.60. The van der Waals surface area contributed by atoms with Gasteiger partial charge in [-0.3, -0.25) is 4.79 Å². The highest BCUT2D eigenvalue weighted by atomic mass is 32.2. The Balaban J connectivity index is 1.60. The molecule has 1 aliphatic rings. The number of likely N-dealkylation sites (tertiary alicyclic amines) is 1. The van der Waals surface area contributed by atoms with Crippen LogP contribution >= 0.6 is 0 Å². The average molecular weight is 431 g/mol. The summed E-state index contributed by atoms with van der Waals surface area (Å²) in [6.45, 7) is 6.35.